The fraction of sp³-hybridized carbons (Fsp3) is 0.231. The first-order chi connectivity index (χ1) is 32.5. The lowest BCUT2D eigenvalue weighted by Gasteiger charge is -2.46. The number of rotatable bonds is 13. The Bertz CT molecular complexity index is 3020. The van der Waals surface area contributed by atoms with E-state index in [1.54, 1.807) is 52.1 Å². The van der Waals surface area contributed by atoms with E-state index >= 15 is 0 Å². The van der Waals surface area contributed by atoms with Crippen LogP contribution in [0.5, 0.6) is 0 Å². The lowest BCUT2D eigenvalue weighted by atomic mass is 9.95. The summed E-state index contributed by atoms with van der Waals surface area (Å²) in [6.45, 7) is 3.21. The molecule has 1 aliphatic rings. The van der Waals surface area contributed by atoms with Crippen molar-refractivity contribution in [3.63, 3.8) is 0 Å². The van der Waals surface area contributed by atoms with Crippen molar-refractivity contribution in [3.05, 3.63) is 119 Å². The van der Waals surface area contributed by atoms with Crippen molar-refractivity contribution in [2.45, 2.75) is 38.0 Å². The second kappa shape index (κ2) is 19.1. The maximum absolute atomic E-state index is 13.0. The zero-order valence-electron chi connectivity index (χ0n) is 34.7. The summed E-state index contributed by atoms with van der Waals surface area (Å²) in [5.41, 5.74) is -0.103. The van der Waals surface area contributed by atoms with E-state index in [-0.39, 0.29) is 47.6 Å². The molecule has 8 aromatic heterocycles. The average Bonchev–Trinajstić information content (AvgIpc) is 4.17. The van der Waals surface area contributed by atoms with Crippen molar-refractivity contribution in [1.82, 2.24) is 65.5 Å². The van der Waals surface area contributed by atoms with Gasteiger partial charge in [0.25, 0.3) is 5.91 Å². The maximum atomic E-state index is 13.0. The number of aromatic nitrogens is 12. The number of aromatic carboxylic acids is 1. The Hall–Kier alpha value is -7.92. The molecule has 0 unspecified atom stereocenters. The highest BCUT2D eigenvalue weighted by Crippen LogP contribution is 2.36. The van der Waals surface area contributed by atoms with Crippen LogP contribution < -0.4 is 9.80 Å². The topological polar surface area (TPSA) is 254 Å². The van der Waals surface area contributed by atoms with E-state index in [2.05, 4.69) is 69.7 Å². The largest absolute Gasteiger partial charge is 0.478 e. The summed E-state index contributed by atoms with van der Waals surface area (Å²) in [6, 6.07) is 9.48. The number of carbonyl (C=O) groups is 2. The van der Waals surface area contributed by atoms with Crippen LogP contribution in [0.25, 0.3) is 21.4 Å². The molecule has 0 aromatic carbocycles. The van der Waals surface area contributed by atoms with E-state index in [1.807, 2.05) is 6.92 Å². The van der Waals surface area contributed by atoms with Crippen LogP contribution in [0, 0.1) is 0 Å². The average molecular weight is 982 g/mol. The summed E-state index contributed by atoms with van der Waals surface area (Å²) >= 11 is 2.31. The van der Waals surface area contributed by atoms with Crippen LogP contribution in [0.4, 0.5) is 49.6 Å². The number of thiophene rings is 2. The van der Waals surface area contributed by atoms with Crippen LogP contribution in [0.15, 0.2) is 95.0 Å². The van der Waals surface area contributed by atoms with Gasteiger partial charge in [-0.3, -0.25) is 14.8 Å². The highest BCUT2D eigenvalue weighted by Gasteiger charge is 2.42. The molecule has 1 saturated heterocycles. The van der Waals surface area contributed by atoms with E-state index in [9.17, 15) is 41.0 Å². The normalized spacial score (nSPS) is 13.3. The zero-order chi connectivity index (χ0) is 48.2. The van der Waals surface area contributed by atoms with Crippen LogP contribution in [0.3, 0.4) is 0 Å². The number of halogens is 6. The van der Waals surface area contributed by atoms with Crippen molar-refractivity contribution < 1.29 is 54.8 Å². The molecule has 9 rings (SSSR count). The predicted molar refractivity (Wildman–Crippen MR) is 223 cm³/mol. The number of nitrogens with zero attached hydrogens (tertiary/aromatic N) is 15. The summed E-state index contributed by atoms with van der Waals surface area (Å²) in [5, 5.41) is 31.9. The summed E-state index contributed by atoms with van der Waals surface area (Å²) in [6.07, 6.45) is 1.97. The van der Waals surface area contributed by atoms with Gasteiger partial charge in [0, 0.05) is 41.7 Å². The highest BCUT2D eigenvalue weighted by molar-refractivity contribution is 7.15. The number of anilines is 4. The number of carboxylic acids is 1. The van der Waals surface area contributed by atoms with Gasteiger partial charge in [-0.1, -0.05) is 10.3 Å². The van der Waals surface area contributed by atoms with Gasteiger partial charge in [-0.25, -0.2) is 14.8 Å². The third-order valence-electron chi connectivity index (χ3n) is 9.54. The molecule has 1 N–H and O–H groups in total. The monoisotopic (exact) mass is 981 g/mol. The fourth-order valence-electron chi connectivity index (χ4n) is 6.20. The number of ether oxygens (including phenoxy) is 1. The van der Waals surface area contributed by atoms with Crippen LogP contribution in [0.2, 0.25) is 0 Å². The van der Waals surface area contributed by atoms with Gasteiger partial charge in [-0.15, -0.1) is 32.9 Å². The quantitative estimate of drug-likeness (QED) is 0.114. The van der Waals surface area contributed by atoms with Gasteiger partial charge in [-0.2, -0.15) is 46.5 Å². The molecule has 350 valence electrons. The number of hydrogen-bond acceptors (Lipinski definition) is 21. The van der Waals surface area contributed by atoms with Gasteiger partial charge in [0.15, 0.2) is 23.3 Å². The number of methoxy groups -OCH3 is 1. The Morgan fingerprint density at radius 2 is 1.19 bits per heavy atom. The van der Waals surface area contributed by atoms with Crippen LogP contribution in [-0.4, -0.2) is 108 Å². The Morgan fingerprint density at radius 1 is 0.721 bits per heavy atom. The van der Waals surface area contributed by atoms with Crippen molar-refractivity contribution in [2.24, 2.45) is 0 Å². The van der Waals surface area contributed by atoms with Crippen LogP contribution in [0.1, 0.15) is 49.2 Å². The number of amides is 1. The highest BCUT2D eigenvalue weighted by atomic mass is 32.1. The minimum Gasteiger partial charge on any atom is -0.478 e. The van der Waals surface area contributed by atoms with E-state index in [0.717, 1.165) is 22.4 Å². The molecular formula is C39H29F6N15O6S2. The van der Waals surface area contributed by atoms with Crippen molar-refractivity contribution >= 4 is 57.8 Å². The second-order valence-corrected chi connectivity index (χ2v) is 16.7. The number of likely N-dealkylation sites (tertiary alicyclic amines) is 1. The lowest BCUT2D eigenvalue weighted by Crippen LogP contribution is -2.62. The number of carbonyl (C=O) groups excluding carboxylic acids is 1. The lowest BCUT2D eigenvalue weighted by molar-refractivity contribution is -0.160. The van der Waals surface area contributed by atoms with E-state index in [0.29, 0.717) is 50.7 Å². The number of hydrogen-bond donors (Lipinski definition) is 1. The van der Waals surface area contributed by atoms with Crippen molar-refractivity contribution in [2.75, 3.05) is 30.0 Å². The number of carboxylic acid groups (broad SMARTS) is 1. The summed E-state index contributed by atoms with van der Waals surface area (Å²) in [5.74, 6) is -3.24. The second-order valence-electron chi connectivity index (χ2n) is 14.4. The van der Waals surface area contributed by atoms with Gasteiger partial charge in [0.2, 0.25) is 11.6 Å². The first-order valence-corrected chi connectivity index (χ1v) is 20.9. The van der Waals surface area contributed by atoms with Crippen LogP contribution in [-0.2, 0) is 30.2 Å². The summed E-state index contributed by atoms with van der Waals surface area (Å²) in [4.78, 5) is 54.8. The molecule has 8 aromatic rings. The first kappa shape index (κ1) is 46.6. The Balaban J connectivity index is 0.000000187. The minimum absolute atomic E-state index is 0.0720. The zero-order valence-corrected chi connectivity index (χ0v) is 36.3. The molecule has 1 aliphatic heterocycles. The van der Waals surface area contributed by atoms with Crippen LogP contribution >= 0.6 is 22.7 Å². The molecule has 21 nitrogen and oxygen atoms in total. The fourth-order valence-corrected chi connectivity index (χ4v) is 8.05. The Labute approximate surface area is 385 Å². The van der Waals surface area contributed by atoms with Crippen molar-refractivity contribution in [3.8, 4) is 21.4 Å². The molecule has 0 aliphatic carbocycles. The van der Waals surface area contributed by atoms with Gasteiger partial charge in [0.05, 0.1) is 71.8 Å². The molecule has 0 atom stereocenters. The third kappa shape index (κ3) is 10.7. The molecule has 0 radical (unpaired) electrons. The van der Waals surface area contributed by atoms with Gasteiger partial charge in [0.1, 0.15) is 5.60 Å². The molecule has 9 heterocycles. The molecule has 0 spiro atoms. The SMILES string of the molecule is COC1(C)CN(C(=O)c2cnnc(N(Cc3ccc(-c4noc(C(F)(F)F)n4)s3)c3cnccn3)c2)C1.O=C(O)c1cnnc(N(Cc2ccc(-c3noc(C(F)(F)F)n3)s2)c2cnccn2)c1. The molecule has 1 amide bonds. The van der Waals surface area contributed by atoms with E-state index in [1.165, 1.54) is 60.8 Å². The van der Waals surface area contributed by atoms with E-state index in [4.69, 9.17) is 4.74 Å². The van der Waals surface area contributed by atoms with Gasteiger partial charge >= 0.3 is 30.1 Å². The van der Waals surface area contributed by atoms with E-state index < -0.39 is 30.1 Å². The summed E-state index contributed by atoms with van der Waals surface area (Å²) < 4.78 is 90.6. The molecule has 0 saturated carbocycles. The molecular weight excluding hydrogens is 953 g/mol. The molecule has 68 heavy (non-hydrogen) atoms. The van der Waals surface area contributed by atoms with Crippen molar-refractivity contribution in [1.29, 1.82) is 0 Å². The first-order valence-electron chi connectivity index (χ1n) is 19.3. The Morgan fingerprint density at radius 3 is 1.60 bits per heavy atom. The maximum Gasteiger partial charge on any atom is 0.471 e. The third-order valence-corrected chi connectivity index (χ3v) is 11.7. The smallest absolute Gasteiger partial charge is 0.471 e. The predicted octanol–water partition coefficient (Wildman–Crippen LogP) is 7.03. The molecule has 1 fully saturated rings. The summed E-state index contributed by atoms with van der Waals surface area (Å²) in [7, 11) is 1.61. The molecule has 29 heteroatoms. The number of alkyl halides is 6. The molecule has 0 bridgehead atoms. The minimum atomic E-state index is -4.73. The van der Waals surface area contributed by atoms with Gasteiger partial charge < -0.3 is 33.6 Å². The van der Waals surface area contributed by atoms with Gasteiger partial charge in [-0.05, 0) is 43.3 Å². The Kier molecular flexibility index (Phi) is 13.1. The standard InChI is InChI=1S/C22H19F3N8O3S.C17H10F3N7O3S/c1-21(35-2)11-32(12-21)19(34)13-7-16(30-28-8-13)33(17-9-26-5-6-27-17)10-14-3-4-15(37-14)18-29-20(36-31-18)22(23,24)25;18-17(19,20)16-24-14(26-30-16)11-2-1-10(31-11)8-27(13-7-21-3-4-22-13)12-5-9(15(28)29)6-23-25-12/h3-9H,10-12H2,1-2H3;1-7H,8H2,(H,28,29).